The van der Waals surface area contributed by atoms with E-state index < -0.39 is 0 Å². The second kappa shape index (κ2) is 8.05. The first-order valence-corrected chi connectivity index (χ1v) is 10.3. The van der Waals surface area contributed by atoms with Crippen molar-refractivity contribution < 1.29 is 9.53 Å². The Hall–Kier alpha value is -3.19. The molecule has 4 rings (SSSR count). The van der Waals surface area contributed by atoms with Crippen molar-refractivity contribution in [2.75, 3.05) is 14.2 Å². The molecule has 0 saturated heterocycles. The highest BCUT2D eigenvalue weighted by Crippen LogP contribution is 2.28. The first-order valence-electron chi connectivity index (χ1n) is 9.39. The lowest BCUT2D eigenvalue weighted by molar-refractivity contribution is 0.0787. The van der Waals surface area contributed by atoms with Gasteiger partial charge in [-0.1, -0.05) is 18.2 Å². The van der Waals surface area contributed by atoms with Crippen LogP contribution in [0.2, 0.25) is 0 Å². The Labute approximate surface area is 173 Å². The fourth-order valence-electron chi connectivity index (χ4n) is 3.29. The van der Waals surface area contributed by atoms with Crippen LogP contribution >= 0.6 is 11.3 Å². The molecule has 148 valence electrons. The predicted molar refractivity (Wildman–Crippen MR) is 115 cm³/mol. The van der Waals surface area contributed by atoms with Crippen molar-refractivity contribution in [1.29, 1.82) is 0 Å². The zero-order chi connectivity index (χ0) is 20.4. The molecular formula is C22H22N4O2S. The fraction of sp³-hybridized carbons (Fsp3) is 0.227. The zero-order valence-electron chi connectivity index (χ0n) is 16.6. The third-order valence-corrected chi connectivity index (χ3v) is 5.73. The van der Waals surface area contributed by atoms with E-state index in [2.05, 4.69) is 5.10 Å². The van der Waals surface area contributed by atoms with Crippen LogP contribution in [0.1, 0.15) is 22.8 Å². The van der Waals surface area contributed by atoms with Crippen molar-refractivity contribution >= 4 is 28.3 Å². The predicted octanol–water partition coefficient (Wildman–Crippen LogP) is 4.46. The van der Waals surface area contributed by atoms with E-state index in [0.29, 0.717) is 18.7 Å². The lowest BCUT2D eigenvalue weighted by Crippen LogP contribution is -2.26. The van der Waals surface area contributed by atoms with E-state index in [9.17, 15) is 4.79 Å². The highest BCUT2D eigenvalue weighted by atomic mass is 32.1. The fourth-order valence-corrected chi connectivity index (χ4v) is 3.97. The number of hydrogen-bond acceptors (Lipinski definition) is 5. The molecule has 3 aromatic heterocycles. The molecule has 0 radical (unpaired) electrons. The SMILES string of the molecule is CCn1ncc2c(C(=O)N(C)Cc3ccc(OC)cc3)cc(-c3cccs3)nc21. The number of carbonyl (C=O) groups excluding carboxylic acids is 1. The monoisotopic (exact) mass is 406 g/mol. The van der Waals surface area contributed by atoms with Gasteiger partial charge in [-0.15, -0.1) is 11.3 Å². The van der Waals surface area contributed by atoms with Gasteiger partial charge in [-0.3, -0.25) is 4.79 Å². The van der Waals surface area contributed by atoms with E-state index in [0.717, 1.165) is 32.9 Å². The number of ether oxygens (including phenoxy) is 1. The van der Waals surface area contributed by atoms with Gasteiger partial charge in [0.1, 0.15) is 5.75 Å². The van der Waals surface area contributed by atoms with Gasteiger partial charge in [0.05, 0.1) is 34.8 Å². The first-order chi connectivity index (χ1) is 14.1. The lowest BCUT2D eigenvalue weighted by atomic mass is 10.1. The van der Waals surface area contributed by atoms with Crippen molar-refractivity contribution in [3.05, 3.63) is 65.2 Å². The molecule has 0 saturated carbocycles. The number of thiophene rings is 1. The van der Waals surface area contributed by atoms with Crippen LogP contribution in [0.3, 0.4) is 0 Å². The molecule has 0 aliphatic rings. The minimum absolute atomic E-state index is 0.0540. The summed E-state index contributed by atoms with van der Waals surface area (Å²) in [4.78, 5) is 20.9. The van der Waals surface area contributed by atoms with Gasteiger partial charge < -0.3 is 9.64 Å². The van der Waals surface area contributed by atoms with Crippen LogP contribution in [0.5, 0.6) is 5.75 Å². The second-order valence-electron chi connectivity index (χ2n) is 6.74. The highest BCUT2D eigenvalue weighted by molar-refractivity contribution is 7.13. The average molecular weight is 407 g/mol. The average Bonchev–Trinajstić information content (AvgIpc) is 3.42. The standard InChI is InChI=1S/C22H22N4O2S/c1-4-26-21-18(13-23-26)17(12-19(24-21)20-6-5-11-29-20)22(27)25(2)14-15-7-9-16(28-3)10-8-15/h5-13H,4,14H2,1-3H3. The highest BCUT2D eigenvalue weighted by Gasteiger charge is 2.20. The minimum atomic E-state index is -0.0540. The maximum atomic E-state index is 13.3. The number of carbonyl (C=O) groups is 1. The Balaban J connectivity index is 1.71. The number of amides is 1. The van der Waals surface area contributed by atoms with Crippen LogP contribution in [0, 0.1) is 0 Å². The van der Waals surface area contributed by atoms with Gasteiger partial charge in [-0.2, -0.15) is 5.10 Å². The van der Waals surface area contributed by atoms with Crippen molar-refractivity contribution in [3.8, 4) is 16.3 Å². The summed E-state index contributed by atoms with van der Waals surface area (Å²) in [6.45, 7) is 3.21. The number of hydrogen-bond donors (Lipinski definition) is 0. The number of pyridine rings is 1. The van der Waals surface area contributed by atoms with Crippen LogP contribution in [-0.2, 0) is 13.1 Å². The molecule has 0 aliphatic carbocycles. The van der Waals surface area contributed by atoms with E-state index in [-0.39, 0.29) is 5.91 Å². The summed E-state index contributed by atoms with van der Waals surface area (Å²) in [5.41, 5.74) is 3.19. The molecule has 1 amide bonds. The maximum Gasteiger partial charge on any atom is 0.254 e. The number of aromatic nitrogens is 3. The molecule has 0 aliphatic heterocycles. The van der Waals surface area contributed by atoms with E-state index in [4.69, 9.17) is 9.72 Å². The van der Waals surface area contributed by atoms with Gasteiger partial charge in [-0.25, -0.2) is 9.67 Å². The largest absolute Gasteiger partial charge is 0.497 e. The van der Waals surface area contributed by atoms with E-state index in [1.54, 1.807) is 29.5 Å². The number of rotatable bonds is 6. The van der Waals surface area contributed by atoms with Crippen LogP contribution in [0.4, 0.5) is 0 Å². The number of aryl methyl sites for hydroxylation is 1. The summed E-state index contributed by atoms with van der Waals surface area (Å²) in [5.74, 6) is 0.743. The molecule has 1 aromatic carbocycles. The number of benzene rings is 1. The number of fused-ring (bicyclic) bond motifs is 1. The summed E-state index contributed by atoms with van der Waals surface area (Å²) >= 11 is 1.61. The summed E-state index contributed by atoms with van der Waals surface area (Å²) < 4.78 is 7.03. The molecule has 0 spiro atoms. The zero-order valence-corrected chi connectivity index (χ0v) is 17.4. The molecule has 6 nitrogen and oxygen atoms in total. The van der Waals surface area contributed by atoms with Crippen molar-refractivity contribution in [2.24, 2.45) is 0 Å². The minimum Gasteiger partial charge on any atom is -0.497 e. The quantitative estimate of drug-likeness (QED) is 0.474. The van der Waals surface area contributed by atoms with Gasteiger partial charge >= 0.3 is 0 Å². The summed E-state index contributed by atoms with van der Waals surface area (Å²) in [6.07, 6.45) is 1.73. The molecule has 29 heavy (non-hydrogen) atoms. The molecule has 0 fully saturated rings. The van der Waals surface area contributed by atoms with Crippen LogP contribution in [0.15, 0.2) is 54.0 Å². The topological polar surface area (TPSA) is 60.2 Å². The smallest absolute Gasteiger partial charge is 0.254 e. The molecule has 0 N–H and O–H groups in total. The third-order valence-electron chi connectivity index (χ3n) is 4.84. The van der Waals surface area contributed by atoms with Crippen LogP contribution in [-0.4, -0.2) is 39.7 Å². The van der Waals surface area contributed by atoms with Crippen molar-refractivity contribution in [2.45, 2.75) is 20.0 Å². The van der Waals surface area contributed by atoms with Gasteiger partial charge in [0.25, 0.3) is 5.91 Å². The Morgan fingerprint density at radius 2 is 2.03 bits per heavy atom. The van der Waals surface area contributed by atoms with E-state index >= 15 is 0 Å². The molecule has 0 bridgehead atoms. The van der Waals surface area contributed by atoms with Gasteiger partial charge in [0.2, 0.25) is 0 Å². The van der Waals surface area contributed by atoms with Gasteiger partial charge in [-0.05, 0) is 42.1 Å². The molecule has 0 unspecified atom stereocenters. The molecular weight excluding hydrogens is 384 g/mol. The summed E-state index contributed by atoms with van der Waals surface area (Å²) in [7, 11) is 3.45. The number of methoxy groups -OCH3 is 1. The van der Waals surface area contributed by atoms with Crippen molar-refractivity contribution in [1.82, 2.24) is 19.7 Å². The van der Waals surface area contributed by atoms with Crippen molar-refractivity contribution in [3.63, 3.8) is 0 Å². The molecule has 3 heterocycles. The van der Waals surface area contributed by atoms with E-state index in [1.165, 1.54) is 0 Å². The first kappa shape index (κ1) is 19.1. The molecule has 0 atom stereocenters. The molecule has 7 heteroatoms. The molecule has 4 aromatic rings. The normalized spacial score (nSPS) is 11.0. The summed E-state index contributed by atoms with van der Waals surface area (Å²) in [5, 5.41) is 7.20. The Morgan fingerprint density at radius 3 is 2.69 bits per heavy atom. The maximum absolute atomic E-state index is 13.3. The Morgan fingerprint density at radius 1 is 1.24 bits per heavy atom. The van der Waals surface area contributed by atoms with Crippen LogP contribution in [0.25, 0.3) is 21.6 Å². The van der Waals surface area contributed by atoms with Gasteiger partial charge in [0, 0.05) is 20.1 Å². The van der Waals surface area contributed by atoms with Crippen LogP contribution < -0.4 is 4.74 Å². The second-order valence-corrected chi connectivity index (χ2v) is 7.69. The van der Waals surface area contributed by atoms with Gasteiger partial charge in [0.15, 0.2) is 5.65 Å². The van der Waals surface area contributed by atoms with E-state index in [1.807, 2.05) is 66.5 Å². The Kier molecular flexibility index (Phi) is 5.31. The third kappa shape index (κ3) is 3.73. The lowest BCUT2D eigenvalue weighted by Gasteiger charge is -2.18. The number of nitrogens with zero attached hydrogens (tertiary/aromatic N) is 4. The Bertz CT molecular complexity index is 1130. The summed E-state index contributed by atoms with van der Waals surface area (Å²) in [6, 6.07) is 13.6.